The van der Waals surface area contributed by atoms with Gasteiger partial charge in [0.25, 0.3) is 0 Å². The van der Waals surface area contributed by atoms with Gasteiger partial charge in [-0.1, -0.05) is 17.8 Å². The number of carbonyl (C=O) groups is 1. The molecule has 0 aliphatic rings. The standard InChI is InChI=1S/C12H10N2O2S2/c1-17-10-6-11(14-7-13-10)18-9-4-2-3-8(5-9)12(15)16/h2-7H,1H3,(H,15,16). The van der Waals surface area contributed by atoms with Crippen molar-refractivity contribution >= 4 is 29.5 Å². The maximum atomic E-state index is 10.9. The number of aromatic carboxylic acids is 1. The molecule has 1 heterocycles. The molecule has 0 bridgehead atoms. The number of carboxylic acid groups (broad SMARTS) is 1. The molecule has 0 fully saturated rings. The molecule has 18 heavy (non-hydrogen) atoms. The molecule has 6 heteroatoms. The minimum Gasteiger partial charge on any atom is -0.478 e. The first-order chi connectivity index (χ1) is 8.69. The number of hydrogen-bond acceptors (Lipinski definition) is 5. The van der Waals surface area contributed by atoms with Gasteiger partial charge in [-0.2, -0.15) is 0 Å². The molecule has 1 aromatic carbocycles. The second-order valence-electron chi connectivity index (χ2n) is 3.33. The van der Waals surface area contributed by atoms with Crippen molar-refractivity contribution in [2.75, 3.05) is 6.26 Å². The summed E-state index contributed by atoms with van der Waals surface area (Å²) in [4.78, 5) is 20.0. The zero-order valence-corrected chi connectivity index (χ0v) is 11.2. The van der Waals surface area contributed by atoms with E-state index in [1.807, 2.05) is 18.4 Å². The zero-order chi connectivity index (χ0) is 13.0. The van der Waals surface area contributed by atoms with Crippen molar-refractivity contribution < 1.29 is 9.90 Å². The van der Waals surface area contributed by atoms with Gasteiger partial charge in [0.05, 0.1) is 5.56 Å². The molecule has 0 aliphatic carbocycles. The highest BCUT2D eigenvalue weighted by Crippen LogP contribution is 2.28. The van der Waals surface area contributed by atoms with Gasteiger partial charge in [-0.15, -0.1) is 11.8 Å². The van der Waals surface area contributed by atoms with Crippen LogP contribution in [-0.2, 0) is 0 Å². The van der Waals surface area contributed by atoms with Crippen molar-refractivity contribution in [3.8, 4) is 0 Å². The van der Waals surface area contributed by atoms with Crippen molar-refractivity contribution in [1.29, 1.82) is 0 Å². The lowest BCUT2D eigenvalue weighted by Gasteiger charge is -2.03. The van der Waals surface area contributed by atoms with Gasteiger partial charge in [0.1, 0.15) is 16.4 Å². The van der Waals surface area contributed by atoms with E-state index in [2.05, 4.69) is 9.97 Å². The van der Waals surface area contributed by atoms with Crippen LogP contribution < -0.4 is 0 Å². The Morgan fingerprint density at radius 2 is 2.00 bits per heavy atom. The van der Waals surface area contributed by atoms with Crippen molar-refractivity contribution in [1.82, 2.24) is 9.97 Å². The predicted molar refractivity (Wildman–Crippen MR) is 71.3 cm³/mol. The number of aromatic nitrogens is 2. The monoisotopic (exact) mass is 278 g/mol. The van der Waals surface area contributed by atoms with Crippen LogP contribution in [0.2, 0.25) is 0 Å². The Labute approximate surface area is 113 Å². The average Bonchev–Trinajstić information content (AvgIpc) is 2.39. The number of carboxylic acids is 1. The lowest BCUT2D eigenvalue weighted by molar-refractivity contribution is 0.0696. The van der Waals surface area contributed by atoms with E-state index in [9.17, 15) is 4.79 Å². The molecule has 4 nitrogen and oxygen atoms in total. The lowest BCUT2D eigenvalue weighted by Crippen LogP contribution is -1.95. The highest BCUT2D eigenvalue weighted by molar-refractivity contribution is 7.99. The van der Waals surface area contributed by atoms with Gasteiger partial charge < -0.3 is 5.11 Å². The maximum Gasteiger partial charge on any atom is 0.335 e. The summed E-state index contributed by atoms with van der Waals surface area (Å²) in [5.74, 6) is -0.926. The van der Waals surface area contributed by atoms with E-state index in [0.717, 1.165) is 14.9 Å². The van der Waals surface area contributed by atoms with Gasteiger partial charge in [-0.05, 0) is 24.5 Å². The van der Waals surface area contributed by atoms with Crippen LogP contribution >= 0.6 is 23.5 Å². The van der Waals surface area contributed by atoms with E-state index >= 15 is 0 Å². The molecule has 0 amide bonds. The summed E-state index contributed by atoms with van der Waals surface area (Å²) in [5, 5.41) is 10.6. The van der Waals surface area contributed by atoms with Crippen molar-refractivity contribution in [3.05, 3.63) is 42.2 Å². The van der Waals surface area contributed by atoms with Crippen molar-refractivity contribution in [2.45, 2.75) is 14.9 Å². The molecule has 1 N–H and O–H groups in total. The minimum absolute atomic E-state index is 0.277. The predicted octanol–water partition coefficient (Wildman–Crippen LogP) is 3.05. The van der Waals surface area contributed by atoms with E-state index in [-0.39, 0.29) is 5.56 Å². The normalized spacial score (nSPS) is 10.3. The van der Waals surface area contributed by atoms with Crippen LogP contribution in [-0.4, -0.2) is 27.3 Å². The van der Waals surface area contributed by atoms with Crippen LogP contribution in [0.3, 0.4) is 0 Å². The summed E-state index contributed by atoms with van der Waals surface area (Å²) in [6, 6.07) is 8.66. The number of rotatable bonds is 4. The topological polar surface area (TPSA) is 63.1 Å². The second-order valence-corrected chi connectivity index (χ2v) is 5.25. The Kier molecular flexibility index (Phi) is 4.22. The molecule has 0 aliphatic heterocycles. The van der Waals surface area contributed by atoms with Gasteiger partial charge in [-0.25, -0.2) is 14.8 Å². The third kappa shape index (κ3) is 3.24. The first kappa shape index (κ1) is 12.9. The van der Waals surface area contributed by atoms with E-state index in [4.69, 9.17) is 5.11 Å². The Bertz CT molecular complexity index is 576. The Morgan fingerprint density at radius 3 is 2.72 bits per heavy atom. The van der Waals surface area contributed by atoms with Crippen LogP contribution in [0.5, 0.6) is 0 Å². The molecule has 0 saturated carbocycles. The van der Waals surface area contributed by atoms with E-state index in [1.54, 1.807) is 30.0 Å². The Morgan fingerprint density at radius 1 is 1.22 bits per heavy atom. The van der Waals surface area contributed by atoms with Crippen LogP contribution in [0, 0.1) is 0 Å². The minimum atomic E-state index is -0.926. The summed E-state index contributed by atoms with van der Waals surface area (Å²) in [7, 11) is 0. The smallest absolute Gasteiger partial charge is 0.335 e. The SMILES string of the molecule is CSc1cc(Sc2cccc(C(=O)O)c2)ncn1. The number of thioether (sulfide) groups is 1. The van der Waals surface area contributed by atoms with Gasteiger partial charge in [0.15, 0.2) is 0 Å². The Balaban J connectivity index is 2.22. The van der Waals surface area contributed by atoms with E-state index in [1.165, 1.54) is 18.1 Å². The second kappa shape index (κ2) is 5.88. The molecular formula is C12H10N2O2S2. The van der Waals surface area contributed by atoms with Gasteiger partial charge in [-0.3, -0.25) is 0 Å². The molecule has 0 spiro atoms. The summed E-state index contributed by atoms with van der Waals surface area (Å²) >= 11 is 2.96. The molecule has 1 aromatic heterocycles. The van der Waals surface area contributed by atoms with Gasteiger partial charge in [0.2, 0.25) is 0 Å². The number of hydrogen-bond donors (Lipinski definition) is 1. The Hall–Kier alpha value is -1.53. The zero-order valence-electron chi connectivity index (χ0n) is 9.53. The first-order valence-corrected chi connectivity index (χ1v) is 7.10. The van der Waals surface area contributed by atoms with E-state index in [0.29, 0.717) is 0 Å². The van der Waals surface area contributed by atoms with Crippen molar-refractivity contribution in [3.63, 3.8) is 0 Å². The van der Waals surface area contributed by atoms with E-state index < -0.39 is 5.97 Å². The molecular weight excluding hydrogens is 268 g/mol. The highest BCUT2D eigenvalue weighted by atomic mass is 32.2. The third-order valence-corrected chi connectivity index (χ3v) is 3.69. The fourth-order valence-corrected chi connectivity index (χ4v) is 2.60. The maximum absolute atomic E-state index is 10.9. The average molecular weight is 278 g/mol. The van der Waals surface area contributed by atoms with Crippen LogP contribution in [0.4, 0.5) is 0 Å². The number of benzene rings is 1. The van der Waals surface area contributed by atoms with Gasteiger partial charge >= 0.3 is 5.97 Å². The lowest BCUT2D eigenvalue weighted by atomic mass is 10.2. The molecule has 0 saturated heterocycles. The largest absolute Gasteiger partial charge is 0.478 e. The van der Waals surface area contributed by atoms with Crippen molar-refractivity contribution in [2.24, 2.45) is 0 Å². The molecule has 2 rings (SSSR count). The fourth-order valence-electron chi connectivity index (χ4n) is 1.30. The third-order valence-electron chi connectivity index (χ3n) is 2.13. The first-order valence-electron chi connectivity index (χ1n) is 5.06. The molecule has 0 unspecified atom stereocenters. The van der Waals surface area contributed by atoms with Crippen LogP contribution in [0.1, 0.15) is 10.4 Å². The highest BCUT2D eigenvalue weighted by Gasteiger charge is 2.05. The molecule has 2 aromatic rings. The molecule has 92 valence electrons. The molecule has 0 radical (unpaired) electrons. The quantitative estimate of drug-likeness (QED) is 0.685. The summed E-state index contributed by atoms with van der Waals surface area (Å²) < 4.78 is 0. The summed E-state index contributed by atoms with van der Waals surface area (Å²) in [5.41, 5.74) is 0.277. The molecule has 0 atom stereocenters. The summed E-state index contributed by atoms with van der Waals surface area (Å²) in [6.07, 6.45) is 3.46. The summed E-state index contributed by atoms with van der Waals surface area (Å²) in [6.45, 7) is 0. The van der Waals surface area contributed by atoms with Crippen LogP contribution in [0.15, 0.2) is 51.6 Å². The fraction of sp³-hybridized carbons (Fsp3) is 0.0833. The van der Waals surface area contributed by atoms with Gasteiger partial charge in [0, 0.05) is 11.0 Å². The number of nitrogens with zero attached hydrogens (tertiary/aromatic N) is 2. The van der Waals surface area contributed by atoms with Crippen LogP contribution in [0.25, 0.3) is 0 Å².